The Morgan fingerprint density at radius 2 is 2.11 bits per heavy atom. The number of aromatic nitrogens is 1. The molecule has 0 spiro atoms. The van der Waals surface area contributed by atoms with E-state index in [-0.39, 0.29) is 12.1 Å². The molecule has 0 amide bonds. The third-order valence-corrected chi connectivity index (χ3v) is 2.77. The van der Waals surface area contributed by atoms with Crippen LogP contribution >= 0.6 is 0 Å². The van der Waals surface area contributed by atoms with E-state index in [4.69, 9.17) is 9.15 Å². The Labute approximate surface area is 113 Å². The van der Waals surface area contributed by atoms with E-state index in [1.54, 1.807) is 12.5 Å². The van der Waals surface area contributed by atoms with Crippen LogP contribution in [0.1, 0.15) is 38.1 Å². The predicted molar refractivity (Wildman–Crippen MR) is 74.0 cm³/mol. The first-order valence-electron chi connectivity index (χ1n) is 6.54. The maximum atomic E-state index is 5.69. The van der Waals surface area contributed by atoms with Gasteiger partial charge < -0.3 is 14.5 Å². The van der Waals surface area contributed by atoms with Gasteiger partial charge in [0.05, 0.1) is 18.4 Å². The molecular formula is C15H20N2O2. The summed E-state index contributed by atoms with van der Waals surface area (Å²) in [5, 5.41) is 3.40. The molecule has 19 heavy (non-hydrogen) atoms. The Hall–Kier alpha value is -1.81. The van der Waals surface area contributed by atoms with Crippen LogP contribution in [-0.4, -0.2) is 11.1 Å². The van der Waals surface area contributed by atoms with Gasteiger partial charge in [-0.1, -0.05) is 6.07 Å². The minimum atomic E-state index is 0.121. The van der Waals surface area contributed by atoms with Gasteiger partial charge in [-0.05, 0) is 39.0 Å². The second kappa shape index (κ2) is 6.38. The zero-order valence-corrected chi connectivity index (χ0v) is 11.6. The van der Waals surface area contributed by atoms with E-state index in [9.17, 15) is 0 Å². The van der Waals surface area contributed by atoms with Gasteiger partial charge in [-0.15, -0.1) is 0 Å². The number of ether oxygens (including phenoxy) is 1. The van der Waals surface area contributed by atoms with Gasteiger partial charge in [0.1, 0.15) is 5.76 Å². The van der Waals surface area contributed by atoms with E-state index in [1.807, 2.05) is 38.1 Å². The highest BCUT2D eigenvalue weighted by molar-refractivity contribution is 5.25. The first kappa shape index (κ1) is 13.6. The fraction of sp³-hybridized carbons (Fsp3) is 0.400. The summed E-state index contributed by atoms with van der Waals surface area (Å²) in [4.78, 5) is 4.27. The quantitative estimate of drug-likeness (QED) is 0.865. The first-order valence-corrected chi connectivity index (χ1v) is 6.54. The van der Waals surface area contributed by atoms with Gasteiger partial charge in [0.15, 0.2) is 0 Å². The summed E-state index contributed by atoms with van der Waals surface area (Å²) >= 11 is 0. The topological polar surface area (TPSA) is 47.3 Å². The van der Waals surface area contributed by atoms with Crippen LogP contribution in [-0.2, 0) is 6.54 Å². The summed E-state index contributed by atoms with van der Waals surface area (Å²) in [5.41, 5.74) is 1.05. The molecule has 102 valence electrons. The Bertz CT molecular complexity index is 495. The summed E-state index contributed by atoms with van der Waals surface area (Å²) in [6.07, 6.45) is 3.55. The number of nitrogens with one attached hydrogen (secondary N) is 1. The maximum Gasteiger partial charge on any atom is 0.218 e. The number of pyridine rings is 1. The number of rotatable bonds is 6. The van der Waals surface area contributed by atoms with Crippen molar-refractivity contribution in [2.45, 2.75) is 39.5 Å². The second-order valence-electron chi connectivity index (χ2n) is 4.75. The van der Waals surface area contributed by atoms with Gasteiger partial charge >= 0.3 is 0 Å². The molecule has 1 atom stereocenters. The lowest BCUT2D eigenvalue weighted by Gasteiger charge is -2.15. The molecule has 0 radical (unpaired) electrons. The third-order valence-electron chi connectivity index (χ3n) is 2.77. The molecule has 0 aromatic carbocycles. The Kier molecular flexibility index (Phi) is 4.58. The fourth-order valence-electron chi connectivity index (χ4n) is 1.79. The normalized spacial score (nSPS) is 12.6. The van der Waals surface area contributed by atoms with Crippen molar-refractivity contribution >= 4 is 0 Å². The first-order chi connectivity index (χ1) is 9.16. The van der Waals surface area contributed by atoms with Crippen molar-refractivity contribution in [1.29, 1.82) is 0 Å². The highest BCUT2D eigenvalue weighted by Crippen LogP contribution is 2.18. The predicted octanol–water partition coefficient (Wildman–Crippen LogP) is 3.31. The van der Waals surface area contributed by atoms with Crippen LogP contribution in [0.5, 0.6) is 5.88 Å². The Morgan fingerprint density at radius 3 is 2.79 bits per heavy atom. The molecule has 2 heterocycles. The molecule has 0 aliphatic heterocycles. The van der Waals surface area contributed by atoms with Crippen molar-refractivity contribution in [2.75, 3.05) is 0 Å². The standard InChI is InChI=1S/C15H20N2O2/c1-11(2)19-15-13(6-4-8-16-15)10-17-12(3)14-7-5-9-18-14/h4-9,11-12,17H,10H2,1-3H3. The average molecular weight is 260 g/mol. The van der Waals surface area contributed by atoms with Crippen molar-refractivity contribution in [1.82, 2.24) is 10.3 Å². The van der Waals surface area contributed by atoms with Crippen LogP contribution in [0.25, 0.3) is 0 Å². The minimum absolute atomic E-state index is 0.121. The SMILES string of the molecule is CC(C)Oc1ncccc1CNC(C)c1ccco1. The van der Waals surface area contributed by atoms with Crippen LogP contribution < -0.4 is 10.1 Å². The molecular weight excluding hydrogens is 240 g/mol. The average Bonchev–Trinajstić information content (AvgIpc) is 2.90. The lowest BCUT2D eigenvalue weighted by molar-refractivity contribution is 0.229. The summed E-state index contributed by atoms with van der Waals surface area (Å²) in [7, 11) is 0. The molecule has 0 saturated carbocycles. The zero-order chi connectivity index (χ0) is 13.7. The largest absolute Gasteiger partial charge is 0.475 e. The third kappa shape index (κ3) is 3.83. The van der Waals surface area contributed by atoms with Gasteiger partial charge in [-0.2, -0.15) is 0 Å². The van der Waals surface area contributed by atoms with Crippen LogP contribution in [0.3, 0.4) is 0 Å². The molecule has 4 nitrogen and oxygen atoms in total. The Morgan fingerprint density at radius 1 is 1.26 bits per heavy atom. The highest BCUT2D eigenvalue weighted by Gasteiger charge is 2.10. The van der Waals surface area contributed by atoms with E-state index in [1.165, 1.54) is 0 Å². The molecule has 1 unspecified atom stereocenters. The van der Waals surface area contributed by atoms with E-state index < -0.39 is 0 Å². The highest BCUT2D eigenvalue weighted by atomic mass is 16.5. The number of furan rings is 1. The van der Waals surface area contributed by atoms with E-state index in [0.717, 1.165) is 11.3 Å². The minimum Gasteiger partial charge on any atom is -0.475 e. The van der Waals surface area contributed by atoms with Crippen LogP contribution in [0.4, 0.5) is 0 Å². The van der Waals surface area contributed by atoms with Crippen molar-refractivity contribution in [2.24, 2.45) is 0 Å². The van der Waals surface area contributed by atoms with Gasteiger partial charge in [0, 0.05) is 18.3 Å². The van der Waals surface area contributed by atoms with E-state index >= 15 is 0 Å². The number of hydrogen-bond donors (Lipinski definition) is 1. The maximum absolute atomic E-state index is 5.69. The van der Waals surface area contributed by atoms with Crippen molar-refractivity contribution in [3.63, 3.8) is 0 Å². The van der Waals surface area contributed by atoms with Gasteiger partial charge in [0.25, 0.3) is 0 Å². The summed E-state index contributed by atoms with van der Waals surface area (Å²) in [6, 6.07) is 7.95. The van der Waals surface area contributed by atoms with Crippen molar-refractivity contribution in [3.8, 4) is 5.88 Å². The monoisotopic (exact) mass is 260 g/mol. The molecule has 1 N–H and O–H groups in total. The lowest BCUT2D eigenvalue weighted by atomic mass is 10.2. The fourth-order valence-corrected chi connectivity index (χ4v) is 1.79. The van der Waals surface area contributed by atoms with Gasteiger partial charge in [-0.25, -0.2) is 4.98 Å². The van der Waals surface area contributed by atoms with E-state index in [0.29, 0.717) is 12.4 Å². The molecule has 0 aliphatic carbocycles. The number of nitrogens with zero attached hydrogens (tertiary/aromatic N) is 1. The number of hydrogen-bond acceptors (Lipinski definition) is 4. The van der Waals surface area contributed by atoms with Crippen molar-refractivity contribution < 1.29 is 9.15 Å². The van der Waals surface area contributed by atoms with Gasteiger partial charge in [-0.3, -0.25) is 0 Å². The van der Waals surface area contributed by atoms with Gasteiger partial charge in [0.2, 0.25) is 5.88 Å². The van der Waals surface area contributed by atoms with E-state index in [2.05, 4.69) is 17.2 Å². The van der Waals surface area contributed by atoms with Crippen LogP contribution in [0.15, 0.2) is 41.1 Å². The Balaban J connectivity index is 1.99. The molecule has 0 fully saturated rings. The second-order valence-corrected chi connectivity index (χ2v) is 4.75. The molecule has 0 bridgehead atoms. The van der Waals surface area contributed by atoms with Crippen molar-refractivity contribution in [3.05, 3.63) is 48.0 Å². The van der Waals surface area contributed by atoms with Crippen LogP contribution in [0, 0.1) is 0 Å². The summed E-state index contributed by atoms with van der Waals surface area (Å²) in [5.74, 6) is 1.62. The zero-order valence-electron chi connectivity index (χ0n) is 11.6. The molecule has 2 aromatic heterocycles. The molecule has 0 saturated heterocycles. The van der Waals surface area contributed by atoms with Crippen LogP contribution in [0.2, 0.25) is 0 Å². The molecule has 0 aliphatic rings. The molecule has 2 aromatic rings. The summed E-state index contributed by atoms with van der Waals surface area (Å²) in [6.45, 7) is 6.75. The smallest absolute Gasteiger partial charge is 0.218 e. The molecule has 4 heteroatoms. The summed E-state index contributed by atoms with van der Waals surface area (Å²) < 4.78 is 11.1. The lowest BCUT2D eigenvalue weighted by Crippen LogP contribution is -2.19. The molecule has 2 rings (SSSR count).